The molecular formula is C13H9BrClNO3. The Kier molecular flexibility index (Phi) is 4.39. The number of non-ortho nitro benzene ring substituents is 1. The monoisotopic (exact) mass is 341 g/mol. The Morgan fingerprint density at radius 3 is 2.74 bits per heavy atom. The van der Waals surface area contributed by atoms with Crippen LogP contribution in [0.1, 0.15) is 5.56 Å². The molecule has 0 spiro atoms. The second-order valence-electron chi connectivity index (χ2n) is 3.74. The summed E-state index contributed by atoms with van der Waals surface area (Å²) < 4.78 is 5.65. The fraction of sp³-hybridized carbons (Fsp3) is 0.0769. The highest BCUT2D eigenvalue weighted by molar-refractivity contribution is 9.08. The Labute approximate surface area is 123 Å². The van der Waals surface area contributed by atoms with Gasteiger partial charge in [0, 0.05) is 22.0 Å². The van der Waals surface area contributed by atoms with E-state index in [1.165, 1.54) is 12.1 Å². The Morgan fingerprint density at radius 1 is 1.26 bits per heavy atom. The average molecular weight is 343 g/mol. The quantitative estimate of drug-likeness (QED) is 0.449. The molecule has 0 atom stereocenters. The minimum Gasteiger partial charge on any atom is -0.457 e. The Hall–Kier alpha value is -1.59. The molecule has 0 aliphatic carbocycles. The maximum Gasteiger partial charge on any atom is 0.273 e. The Morgan fingerprint density at radius 2 is 2.05 bits per heavy atom. The molecule has 0 aliphatic rings. The van der Waals surface area contributed by atoms with Gasteiger partial charge in [-0.3, -0.25) is 10.1 Å². The molecule has 2 rings (SSSR count). The number of alkyl halides is 1. The van der Waals surface area contributed by atoms with E-state index in [1.54, 1.807) is 30.3 Å². The normalized spacial score (nSPS) is 10.2. The third-order valence-electron chi connectivity index (χ3n) is 2.42. The molecule has 0 radical (unpaired) electrons. The lowest BCUT2D eigenvalue weighted by Crippen LogP contribution is -1.92. The molecule has 4 nitrogen and oxygen atoms in total. The first kappa shape index (κ1) is 13.8. The number of ether oxygens (including phenoxy) is 1. The number of hydrogen-bond donors (Lipinski definition) is 0. The summed E-state index contributed by atoms with van der Waals surface area (Å²) in [6.07, 6.45) is 0. The van der Waals surface area contributed by atoms with Crippen LogP contribution in [-0.4, -0.2) is 4.92 Å². The zero-order chi connectivity index (χ0) is 13.8. The highest BCUT2D eigenvalue weighted by Crippen LogP contribution is 2.30. The number of nitrogens with zero attached hydrogens (tertiary/aromatic N) is 1. The SMILES string of the molecule is O=[N+]([O-])c1cccc(Oc2ccc(Cl)cc2CBr)c1. The summed E-state index contributed by atoms with van der Waals surface area (Å²) >= 11 is 9.25. The van der Waals surface area contributed by atoms with Gasteiger partial charge in [-0.2, -0.15) is 0 Å². The molecule has 19 heavy (non-hydrogen) atoms. The van der Waals surface area contributed by atoms with Crippen molar-refractivity contribution in [2.75, 3.05) is 0 Å². The van der Waals surface area contributed by atoms with E-state index in [9.17, 15) is 10.1 Å². The minimum atomic E-state index is -0.458. The van der Waals surface area contributed by atoms with Crippen molar-refractivity contribution in [2.45, 2.75) is 5.33 Å². The van der Waals surface area contributed by atoms with Crippen LogP contribution in [0.2, 0.25) is 5.02 Å². The molecule has 0 aromatic heterocycles. The number of benzene rings is 2. The average Bonchev–Trinajstić information content (AvgIpc) is 2.41. The van der Waals surface area contributed by atoms with Crippen molar-refractivity contribution in [3.8, 4) is 11.5 Å². The number of rotatable bonds is 4. The van der Waals surface area contributed by atoms with Gasteiger partial charge in [0.2, 0.25) is 0 Å². The van der Waals surface area contributed by atoms with Crippen LogP contribution in [0.5, 0.6) is 11.5 Å². The first-order valence-electron chi connectivity index (χ1n) is 5.37. The third kappa shape index (κ3) is 3.45. The van der Waals surface area contributed by atoms with Gasteiger partial charge in [0.25, 0.3) is 5.69 Å². The van der Waals surface area contributed by atoms with E-state index in [0.29, 0.717) is 21.9 Å². The van der Waals surface area contributed by atoms with Gasteiger partial charge in [-0.15, -0.1) is 0 Å². The first-order valence-corrected chi connectivity index (χ1v) is 6.87. The van der Waals surface area contributed by atoms with Crippen LogP contribution in [-0.2, 0) is 5.33 Å². The molecule has 0 N–H and O–H groups in total. The summed E-state index contributed by atoms with van der Waals surface area (Å²) in [4.78, 5) is 10.2. The molecule has 0 fully saturated rings. The third-order valence-corrected chi connectivity index (χ3v) is 3.26. The summed E-state index contributed by atoms with van der Waals surface area (Å²) in [5.41, 5.74) is 0.867. The van der Waals surface area contributed by atoms with Crippen LogP contribution in [0.3, 0.4) is 0 Å². The highest BCUT2D eigenvalue weighted by Gasteiger charge is 2.09. The molecule has 0 saturated carbocycles. The molecule has 0 heterocycles. The van der Waals surface area contributed by atoms with Crippen LogP contribution >= 0.6 is 27.5 Å². The van der Waals surface area contributed by atoms with Crippen molar-refractivity contribution in [1.29, 1.82) is 0 Å². The second kappa shape index (κ2) is 6.04. The van der Waals surface area contributed by atoms with Gasteiger partial charge in [-0.25, -0.2) is 0 Å². The van der Waals surface area contributed by atoms with Crippen LogP contribution in [0, 0.1) is 10.1 Å². The number of hydrogen-bond acceptors (Lipinski definition) is 3. The minimum absolute atomic E-state index is 0.00754. The highest BCUT2D eigenvalue weighted by atomic mass is 79.9. The summed E-state index contributed by atoms with van der Waals surface area (Å²) in [5.74, 6) is 1.03. The van der Waals surface area contributed by atoms with E-state index >= 15 is 0 Å². The number of nitro groups is 1. The first-order chi connectivity index (χ1) is 9.10. The zero-order valence-corrected chi connectivity index (χ0v) is 12.0. The molecule has 0 bridgehead atoms. The van der Waals surface area contributed by atoms with E-state index in [-0.39, 0.29) is 5.69 Å². The Bertz CT molecular complexity index is 619. The molecule has 0 aliphatic heterocycles. The number of halogens is 2. The topological polar surface area (TPSA) is 52.4 Å². The summed E-state index contributed by atoms with van der Waals surface area (Å²) in [6, 6.07) is 11.3. The summed E-state index contributed by atoms with van der Waals surface area (Å²) in [6.45, 7) is 0. The lowest BCUT2D eigenvalue weighted by molar-refractivity contribution is -0.384. The second-order valence-corrected chi connectivity index (χ2v) is 4.74. The molecule has 2 aromatic rings. The lowest BCUT2D eigenvalue weighted by atomic mass is 10.2. The van der Waals surface area contributed by atoms with Crippen molar-refractivity contribution >= 4 is 33.2 Å². The smallest absolute Gasteiger partial charge is 0.273 e. The zero-order valence-electron chi connectivity index (χ0n) is 9.68. The lowest BCUT2D eigenvalue weighted by Gasteiger charge is -2.09. The largest absolute Gasteiger partial charge is 0.457 e. The van der Waals surface area contributed by atoms with Gasteiger partial charge in [0.05, 0.1) is 11.0 Å². The molecule has 0 amide bonds. The van der Waals surface area contributed by atoms with Crippen LogP contribution in [0.15, 0.2) is 42.5 Å². The van der Waals surface area contributed by atoms with Gasteiger partial charge in [-0.1, -0.05) is 33.6 Å². The predicted molar refractivity (Wildman–Crippen MR) is 77.3 cm³/mol. The van der Waals surface area contributed by atoms with E-state index in [4.69, 9.17) is 16.3 Å². The summed E-state index contributed by atoms with van der Waals surface area (Å²) in [7, 11) is 0. The maximum atomic E-state index is 10.7. The van der Waals surface area contributed by atoms with E-state index in [1.807, 2.05) is 0 Å². The van der Waals surface area contributed by atoms with Crippen LogP contribution in [0.25, 0.3) is 0 Å². The van der Waals surface area contributed by atoms with E-state index in [2.05, 4.69) is 15.9 Å². The fourth-order valence-corrected chi connectivity index (χ4v) is 2.17. The van der Waals surface area contributed by atoms with Gasteiger partial charge >= 0.3 is 0 Å². The molecule has 0 unspecified atom stereocenters. The van der Waals surface area contributed by atoms with Crippen LogP contribution < -0.4 is 4.74 Å². The van der Waals surface area contributed by atoms with Gasteiger partial charge < -0.3 is 4.74 Å². The molecule has 2 aromatic carbocycles. The maximum absolute atomic E-state index is 10.7. The van der Waals surface area contributed by atoms with Gasteiger partial charge in [-0.05, 0) is 24.3 Å². The van der Waals surface area contributed by atoms with Crippen molar-refractivity contribution in [3.05, 3.63) is 63.2 Å². The Balaban J connectivity index is 2.30. The van der Waals surface area contributed by atoms with Gasteiger partial charge in [0.15, 0.2) is 0 Å². The standard InChI is InChI=1S/C13H9BrClNO3/c14-8-9-6-10(15)4-5-13(9)19-12-3-1-2-11(7-12)16(17)18/h1-7H,8H2. The van der Waals surface area contributed by atoms with Crippen molar-refractivity contribution < 1.29 is 9.66 Å². The van der Waals surface area contributed by atoms with Crippen molar-refractivity contribution in [1.82, 2.24) is 0 Å². The summed E-state index contributed by atoms with van der Waals surface area (Å²) in [5, 5.41) is 11.9. The van der Waals surface area contributed by atoms with Crippen LogP contribution in [0.4, 0.5) is 5.69 Å². The van der Waals surface area contributed by atoms with Gasteiger partial charge in [0.1, 0.15) is 11.5 Å². The van der Waals surface area contributed by atoms with E-state index < -0.39 is 4.92 Å². The predicted octanol–water partition coefficient (Wildman–Crippen LogP) is 4.94. The van der Waals surface area contributed by atoms with Crippen molar-refractivity contribution in [3.63, 3.8) is 0 Å². The van der Waals surface area contributed by atoms with E-state index in [0.717, 1.165) is 5.56 Å². The molecular weight excluding hydrogens is 334 g/mol. The fourth-order valence-electron chi connectivity index (χ4n) is 1.54. The molecule has 6 heteroatoms. The number of nitro benzene ring substituents is 1. The molecule has 0 saturated heterocycles. The molecule has 98 valence electrons. The van der Waals surface area contributed by atoms with Crippen molar-refractivity contribution in [2.24, 2.45) is 0 Å².